The minimum absolute atomic E-state index is 0.462. The molecule has 0 aliphatic heterocycles. The number of carbonyl (C=O) groups excluding carboxylic acids is 1. The van der Waals surface area contributed by atoms with Crippen molar-refractivity contribution in [1.82, 2.24) is 0 Å². The second-order valence-corrected chi connectivity index (χ2v) is 3.79. The van der Waals surface area contributed by atoms with E-state index in [1.807, 2.05) is 0 Å². The number of hydrogen-bond donors (Lipinski definition) is 0. The Hall–Kier alpha value is -1.24. The molecule has 0 bridgehead atoms. The average Bonchev–Trinajstić information content (AvgIpc) is 2.23. The molecule has 8 heteroatoms. The fourth-order valence-electron chi connectivity index (χ4n) is 1.13. The molecule has 18 heavy (non-hydrogen) atoms. The second kappa shape index (κ2) is 4.79. The lowest BCUT2D eigenvalue weighted by atomic mass is 10.0. The van der Waals surface area contributed by atoms with Crippen LogP contribution < -0.4 is 0 Å². The van der Waals surface area contributed by atoms with E-state index in [9.17, 15) is 31.1 Å². The molecule has 0 spiro atoms. The highest BCUT2D eigenvalue weighted by atomic mass is 35.5. The van der Waals surface area contributed by atoms with Crippen LogP contribution in [0.5, 0.6) is 0 Å². The molecule has 1 aromatic rings. The summed E-state index contributed by atoms with van der Waals surface area (Å²) in [6.07, 6.45) is -7.39. The number of carbonyl (C=O) groups is 1. The normalized spacial score (nSPS) is 12.6. The van der Waals surface area contributed by atoms with Gasteiger partial charge in [0.1, 0.15) is 5.82 Å². The summed E-state index contributed by atoms with van der Waals surface area (Å²) in [6, 6.07) is 3.12. The van der Waals surface area contributed by atoms with Gasteiger partial charge in [0.25, 0.3) is 0 Å². The lowest BCUT2D eigenvalue weighted by Crippen LogP contribution is -2.44. The molecule has 0 fully saturated rings. The first-order chi connectivity index (χ1) is 8.07. The summed E-state index contributed by atoms with van der Waals surface area (Å²) < 4.78 is 74.1. The van der Waals surface area contributed by atoms with Crippen LogP contribution in [0, 0.1) is 5.82 Å². The topological polar surface area (TPSA) is 17.1 Å². The first-order valence-electron chi connectivity index (χ1n) is 4.48. The summed E-state index contributed by atoms with van der Waals surface area (Å²) in [5.41, 5.74) is -0.614. The molecule has 0 atom stereocenters. The van der Waals surface area contributed by atoms with E-state index < -0.39 is 40.7 Å². The molecule has 0 unspecified atom stereocenters. The van der Waals surface area contributed by atoms with Gasteiger partial charge in [0.2, 0.25) is 5.78 Å². The fraction of sp³-hybridized carbons (Fsp3) is 0.300. The predicted molar refractivity (Wildman–Crippen MR) is 51.1 cm³/mol. The molecule has 0 saturated carbocycles. The molecule has 0 N–H and O–H groups in total. The van der Waals surface area contributed by atoms with Gasteiger partial charge >= 0.3 is 12.1 Å². The summed E-state index contributed by atoms with van der Waals surface area (Å²) in [6.45, 7) is 0. The van der Waals surface area contributed by atoms with E-state index in [1.165, 1.54) is 0 Å². The molecule has 100 valence electrons. The third kappa shape index (κ3) is 2.77. The van der Waals surface area contributed by atoms with Gasteiger partial charge in [-0.25, -0.2) is 4.39 Å². The highest BCUT2D eigenvalue weighted by Gasteiger charge is 2.62. The lowest BCUT2D eigenvalue weighted by molar-refractivity contribution is -0.268. The van der Waals surface area contributed by atoms with Crippen LogP contribution in [0.3, 0.4) is 0 Å². The first kappa shape index (κ1) is 14.8. The van der Waals surface area contributed by atoms with Gasteiger partial charge in [-0.15, -0.1) is 0 Å². The van der Waals surface area contributed by atoms with Gasteiger partial charge in [0.05, 0.1) is 5.02 Å². The van der Waals surface area contributed by atoms with E-state index >= 15 is 0 Å². The molecule has 1 nitrogen and oxygen atoms in total. The Morgan fingerprint density at radius 2 is 1.72 bits per heavy atom. The monoisotopic (exact) mass is 290 g/mol. The number of Topliss-reactive ketones (excluding diaryl/α,β-unsaturated/α-hetero) is 1. The average molecular weight is 291 g/mol. The van der Waals surface area contributed by atoms with E-state index in [0.29, 0.717) is 0 Å². The van der Waals surface area contributed by atoms with E-state index in [0.717, 1.165) is 18.2 Å². The summed E-state index contributed by atoms with van der Waals surface area (Å²) in [5, 5.41) is -0.462. The Kier molecular flexibility index (Phi) is 3.95. The number of benzene rings is 1. The van der Waals surface area contributed by atoms with Crippen molar-refractivity contribution in [2.75, 3.05) is 0 Å². The van der Waals surface area contributed by atoms with Crippen LogP contribution in [0.15, 0.2) is 18.2 Å². The van der Waals surface area contributed by atoms with Crippen LogP contribution in [0.1, 0.15) is 5.56 Å². The van der Waals surface area contributed by atoms with Crippen LogP contribution in [0.2, 0.25) is 5.02 Å². The van der Waals surface area contributed by atoms with Crippen molar-refractivity contribution in [2.24, 2.45) is 0 Å². The summed E-state index contributed by atoms with van der Waals surface area (Å²) in [5.74, 6) is -9.14. The summed E-state index contributed by atoms with van der Waals surface area (Å²) >= 11 is 5.31. The molecule has 0 aliphatic carbocycles. The van der Waals surface area contributed by atoms with Crippen LogP contribution in [-0.4, -0.2) is 17.9 Å². The van der Waals surface area contributed by atoms with Gasteiger partial charge in [0, 0.05) is 6.42 Å². The quantitative estimate of drug-likeness (QED) is 0.774. The van der Waals surface area contributed by atoms with E-state index in [2.05, 4.69) is 0 Å². The maximum Gasteiger partial charge on any atom is 0.461 e. The molecular formula is C10H5ClF6O. The van der Waals surface area contributed by atoms with Crippen LogP contribution in [-0.2, 0) is 11.2 Å². The van der Waals surface area contributed by atoms with E-state index in [4.69, 9.17) is 11.6 Å². The van der Waals surface area contributed by atoms with Crippen molar-refractivity contribution in [3.05, 3.63) is 34.6 Å². The zero-order valence-corrected chi connectivity index (χ0v) is 9.25. The third-order valence-corrected chi connectivity index (χ3v) is 2.38. The maximum absolute atomic E-state index is 13.2. The van der Waals surface area contributed by atoms with Crippen molar-refractivity contribution in [1.29, 1.82) is 0 Å². The van der Waals surface area contributed by atoms with Crippen molar-refractivity contribution in [3.8, 4) is 0 Å². The van der Waals surface area contributed by atoms with Crippen molar-refractivity contribution >= 4 is 17.4 Å². The highest BCUT2D eigenvalue weighted by molar-refractivity contribution is 6.30. The SMILES string of the molecule is O=C(Cc1cccc(Cl)c1F)C(F)(F)C(F)(F)F. The van der Waals surface area contributed by atoms with Gasteiger partial charge in [0.15, 0.2) is 0 Å². The Bertz CT molecular complexity index is 468. The minimum atomic E-state index is -6.00. The second-order valence-electron chi connectivity index (χ2n) is 3.39. The number of rotatable bonds is 3. The van der Waals surface area contributed by atoms with Gasteiger partial charge in [-0.1, -0.05) is 23.7 Å². The van der Waals surface area contributed by atoms with Crippen molar-refractivity contribution in [2.45, 2.75) is 18.5 Å². The minimum Gasteiger partial charge on any atom is -0.292 e. The number of halogens is 7. The molecule has 0 aromatic heterocycles. The zero-order valence-electron chi connectivity index (χ0n) is 8.49. The largest absolute Gasteiger partial charge is 0.461 e. The predicted octanol–water partition coefficient (Wildman–Crippen LogP) is 3.79. The van der Waals surface area contributed by atoms with Crippen LogP contribution >= 0.6 is 11.6 Å². The Morgan fingerprint density at radius 3 is 2.22 bits per heavy atom. The molecular weight excluding hydrogens is 286 g/mol. The molecule has 0 radical (unpaired) electrons. The van der Waals surface area contributed by atoms with Crippen LogP contribution in [0.25, 0.3) is 0 Å². The van der Waals surface area contributed by atoms with E-state index in [-0.39, 0.29) is 0 Å². The lowest BCUT2D eigenvalue weighted by Gasteiger charge is -2.18. The highest BCUT2D eigenvalue weighted by Crippen LogP contribution is 2.37. The smallest absolute Gasteiger partial charge is 0.292 e. The fourth-order valence-corrected chi connectivity index (χ4v) is 1.32. The van der Waals surface area contributed by atoms with Crippen LogP contribution in [0.4, 0.5) is 26.3 Å². The standard InChI is InChI=1S/C10H5ClF6O/c11-6-3-1-2-5(8(6)12)4-7(18)9(13,14)10(15,16)17/h1-3H,4H2. The third-order valence-electron chi connectivity index (χ3n) is 2.09. The molecule has 0 heterocycles. The number of hydrogen-bond acceptors (Lipinski definition) is 1. The number of alkyl halides is 5. The molecule has 1 aromatic carbocycles. The molecule has 0 saturated heterocycles. The van der Waals surface area contributed by atoms with E-state index in [1.54, 1.807) is 0 Å². The summed E-state index contributed by atoms with van der Waals surface area (Å²) in [7, 11) is 0. The van der Waals surface area contributed by atoms with Crippen molar-refractivity contribution < 1.29 is 31.1 Å². The first-order valence-corrected chi connectivity index (χ1v) is 4.86. The molecule has 0 aliphatic rings. The van der Waals surface area contributed by atoms with Crippen molar-refractivity contribution in [3.63, 3.8) is 0 Å². The zero-order chi connectivity index (χ0) is 14.1. The number of ketones is 1. The maximum atomic E-state index is 13.2. The molecule has 1 rings (SSSR count). The molecule has 0 amide bonds. The van der Waals surface area contributed by atoms with Gasteiger partial charge < -0.3 is 0 Å². The van der Waals surface area contributed by atoms with Gasteiger partial charge in [-0.2, -0.15) is 22.0 Å². The van der Waals surface area contributed by atoms with Gasteiger partial charge in [-0.05, 0) is 11.6 Å². The Labute approximate surface area is 102 Å². The Balaban J connectivity index is 2.99. The van der Waals surface area contributed by atoms with Gasteiger partial charge in [-0.3, -0.25) is 4.79 Å². The summed E-state index contributed by atoms with van der Waals surface area (Å²) in [4.78, 5) is 10.9. The Morgan fingerprint density at radius 1 is 1.17 bits per heavy atom.